The Labute approximate surface area is 105 Å². The molecule has 1 heterocycles. The van der Waals surface area contributed by atoms with Gasteiger partial charge in [-0.2, -0.15) is 0 Å². The molecule has 2 rings (SSSR count). The normalized spacial score (nSPS) is 15.2. The number of carbonyl (C=O) groups excluding carboxylic acids is 1. The van der Waals surface area contributed by atoms with Crippen LogP contribution >= 0.6 is 0 Å². The van der Waals surface area contributed by atoms with Gasteiger partial charge in [0.2, 0.25) is 0 Å². The zero-order valence-corrected chi connectivity index (χ0v) is 10.6. The van der Waals surface area contributed by atoms with Gasteiger partial charge >= 0.3 is 5.97 Å². The molecule has 0 fully saturated rings. The maximum Gasteiger partial charge on any atom is 0.344 e. The molecule has 1 aromatic carbocycles. The first-order chi connectivity index (χ1) is 8.53. The van der Waals surface area contributed by atoms with Crippen LogP contribution in [0.1, 0.15) is 12.5 Å². The second kappa shape index (κ2) is 4.81. The number of ether oxygens (including phenoxy) is 2. The maximum atomic E-state index is 11.5. The van der Waals surface area contributed by atoms with Crippen LogP contribution in [0.25, 0.3) is 6.08 Å². The van der Waals surface area contributed by atoms with Crippen molar-refractivity contribution in [2.45, 2.75) is 11.8 Å². The summed E-state index contributed by atoms with van der Waals surface area (Å²) >= 11 is 0. The van der Waals surface area contributed by atoms with E-state index in [0.717, 1.165) is 5.41 Å². The summed E-state index contributed by atoms with van der Waals surface area (Å²) in [4.78, 5) is 11.4. The summed E-state index contributed by atoms with van der Waals surface area (Å²) in [5.74, 6) is -0.0234. The first-order valence-electron chi connectivity index (χ1n) is 5.38. The summed E-state index contributed by atoms with van der Waals surface area (Å²) in [5, 5.41) is 1.15. The zero-order chi connectivity index (χ0) is 13.2. The van der Waals surface area contributed by atoms with Crippen molar-refractivity contribution in [1.29, 1.82) is 0 Å². The molecule has 0 saturated carbocycles. The van der Waals surface area contributed by atoms with Crippen molar-refractivity contribution in [2.75, 3.05) is 13.2 Å². The van der Waals surface area contributed by atoms with Crippen LogP contribution in [-0.4, -0.2) is 27.6 Å². The lowest BCUT2D eigenvalue weighted by molar-refractivity contribution is -0.145. The lowest BCUT2D eigenvalue weighted by Gasteiger charge is -2.07. The third-order valence-electron chi connectivity index (χ3n) is 2.38. The van der Waals surface area contributed by atoms with E-state index in [0.29, 0.717) is 17.9 Å². The lowest BCUT2D eigenvalue weighted by Crippen LogP contribution is -2.14. The van der Waals surface area contributed by atoms with Crippen molar-refractivity contribution in [3.63, 3.8) is 0 Å². The molecule has 0 aliphatic carbocycles. The second-order valence-corrected chi connectivity index (χ2v) is 5.44. The summed E-state index contributed by atoms with van der Waals surface area (Å²) in [6.45, 7) is 1.82. The van der Waals surface area contributed by atoms with Gasteiger partial charge < -0.3 is 9.47 Å². The van der Waals surface area contributed by atoms with Crippen LogP contribution in [0.15, 0.2) is 28.5 Å². The Morgan fingerprint density at radius 1 is 1.33 bits per heavy atom. The van der Waals surface area contributed by atoms with E-state index in [9.17, 15) is 13.2 Å². The van der Waals surface area contributed by atoms with Gasteiger partial charge in [-0.05, 0) is 36.8 Å². The summed E-state index contributed by atoms with van der Waals surface area (Å²) in [5.41, 5.74) is 0.566. The Morgan fingerprint density at radius 2 is 2.11 bits per heavy atom. The van der Waals surface area contributed by atoms with E-state index in [1.165, 1.54) is 18.2 Å². The molecule has 1 aromatic rings. The monoisotopic (exact) mass is 268 g/mol. The van der Waals surface area contributed by atoms with E-state index in [2.05, 4.69) is 0 Å². The molecule has 96 valence electrons. The maximum absolute atomic E-state index is 11.5. The first-order valence-corrected chi connectivity index (χ1v) is 6.93. The number of hydrogen-bond acceptors (Lipinski definition) is 5. The van der Waals surface area contributed by atoms with E-state index in [4.69, 9.17) is 9.47 Å². The highest BCUT2D eigenvalue weighted by Crippen LogP contribution is 2.29. The van der Waals surface area contributed by atoms with Crippen molar-refractivity contribution < 1.29 is 22.7 Å². The molecule has 0 saturated heterocycles. The predicted molar refractivity (Wildman–Crippen MR) is 64.8 cm³/mol. The third kappa shape index (κ3) is 2.53. The SMILES string of the molecule is CCOC(=O)COc1ccc2c(c1)C=CS2(=O)=O. The number of hydrogen-bond donors (Lipinski definition) is 0. The molecule has 0 aromatic heterocycles. The molecule has 0 radical (unpaired) electrons. The zero-order valence-electron chi connectivity index (χ0n) is 9.75. The van der Waals surface area contributed by atoms with Crippen LogP contribution in [0, 0.1) is 0 Å². The van der Waals surface area contributed by atoms with E-state index in [-0.39, 0.29) is 11.5 Å². The van der Waals surface area contributed by atoms with Gasteiger partial charge in [-0.25, -0.2) is 13.2 Å². The third-order valence-corrected chi connectivity index (χ3v) is 3.86. The number of benzene rings is 1. The number of rotatable bonds is 4. The summed E-state index contributed by atoms with van der Waals surface area (Å²) < 4.78 is 33.0. The summed E-state index contributed by atoms with van der Waals surface area (Å²) in [6.07, 6.45) is 1.50. The second-order valence-electron chi connectivity index (χ2n) is 3.64. The molecule has 0 N–H and O–H groups in total. The molecule has 0 spiro atoms. The van der Waals surface area contributed by atoms with E-state index < -0.39 is 15.8 Å². The minimum atomic E-state index is -3.29. The van der Waals surface area contributed by atoms with E-state index >= 15 is 0 Å². The Kier molecular flexibility index (Phi) is 3.38. The Hall–Kier alpha value is -1.82. The summed E-state index contributed by atoms with van der Waals surface area (Å²) in [6, 6.07) is 4.56. The van der Waals surface area contributed by atoms with Crippen molar-refractivity contribution in [2.24, 2.45) is 0 Å². The molecule has 6 heteroatoms. The molecule has 0 bridgehead atoms. The van der Waals surface area contributed by atoms with Gasteiger partial charge in [0.25, 0.3) is 0 Å². The number of esters is 1. The van der Waals surface area contributed by atoms with Gasteiger partial charge in [0.05, 0.1) is 11.5 Å². The lowest BCUT2D eigenvalue weighted by atomic mass is 10.2. The van der Waals surface area contributed by atoms with Gasteiger partial charge in [0.15, 0.2) is 16.4 Å². The van der Waals surface area contributed by atoms with Crippen molar-refractivity contribution in [3.05, 3.63) is 29.2 Å². The summed E-state index contributed by atoms with van der Waals surface area (Å²) in [7, 11) is -3.29. The molecular formula is C12H12O5S. The molecule has 18 heavy (non-hydrogen) atoms. The van der Waals surface area contributed by atoms with Crippen molar-refractivity contribution in [3.8, 4) is 5.75 Å². The van der Waals surface area contributed by atoms with Crippen LogP contribution in [0.4, 0.5) is 0 Å². The van der Waals surface area contributed by atoms with Crippen LogP contribution in [-0.2, 0) is 19.4 Å². The van der Waals surface area contributed by atoms with Gasteiger partial charge in [0.1, 0.15) is 5.75 Å². The average Bonchev–Trinajstić information content (AvgIpc) is 2.63. The predicted octanol–water partition coefficient (Wildman–Crippen LogP) is 1.39. The highest BCUT2D eigenvalue weighted by atomic mass is 32.2. The molecule has 0 unspecified atom stereocenters. The van der Waals surface area contributed by atoms with Crippen molar-refractivity contribution >= 4 is 21.9 Å². The molecule has 1 aliphatic heterocycles. The van der Waals surface area contributed by atoms with Gasteiger partial charge in [0, 0.05) is 5.41 Å². The minimum Gasteiger partial charge on any atom is -0.482 e. The quantitative estimate of drug-likeness (QED) is 0.772. The Bertz CT molecular complexity index is 601. The molecule has 5 nitrogen and oxygen atoms in total. The van der Waals surface area contributed by atoms with Crippen LogP contribution in [0.3, 0.4) is 0 Å². The minimum absolute atomic E-state index is 0.191. The highest BCUT2D eigenvalue weighted by molar-refractivity contribution is 7.94. The number of fused-ring (bicyclic) bond motifs is 1. The number of carbonyl (C=O) groups is 1. The highest BCUT2D eigenvalue weighted by Gasteiger charge is 2.20. The standard InChI is InChI=1S/C12H12O5S/c1-2-16-12(13)8-17-10-3-4-11-9(7-10)5-6-18(11,14)15/h3-7H,2,8H2,1H3. The van der Waals surface area contributed by atoms with Crippen molar-refractivity contribution in [1.82, 2.24) is 0 Å². The molecular weight excluding hydrogens is 256 g/mol. The fourth-order valence-electron chi connectivity index (χ4n) is 1.59. The molecule has 0 amide bonds. The average molecular weight is 268 g/mol. The van der Waals surface area contributed by atoms with E-state index in [1.54, 1.807) is 13.0 Å². The van der Waals surface area contributed by atoms with Crippen LogP contribution in [0.5, 0.6) is 5.75 Å². The molecule has 0 atom stereocenters. The van der Waals surface area contributed by atoms with Gasteiger partial charge in [-0.15, -0.1) is 0 Å². The smallest absolute Gasteiger partial charge is 0.344 e. The van der Waals surface area contributed by atoms with Crippen LogP contribution in [0.2, 0.25) is 0 Å². The fourth-order valence-corrected chi connectivity index (χ4v) is 2.77. The Morgan fingerprint density at radius 3 is 2.83 bits per heavy atom. The Balaban J connectivity index is 2.10. The first kappa shape index (κ1) is 12.6. The number of sulfone groups is 1. The van der Waals surface area contributed by atoms with Gasteiger partial charge in [-0.3, -0.25) is 0 Å². The van der Waals surface area contributed by atoms with Gasteiger partial charge in [-0.1, -0.05) is 0 Å². The topological polar surface area (TPSA) is 69.7 Å². The van der Waals surface area contributed by atoms with E-state index in [1.807, 2.05) is 0 Å². The fraction of sp³-hybridized carbons (Fsp3) is 0.250. The molecule has 1 aliphatic rings. The largest absolute Gasteiger partial charge is 0.482 e. The van der Waals surface area contributed by atoms with Crippen LogP contribution < -0.4 is 4.74 Å².